The molecule has 82 valence electrons. The van der Waals surface area contributed by atoms with Gasteiger partial charge in [-0.2, -0.15) is 0 Å². The van der Waals surface area contributed by atoms with Crippen molar-refractivity contribution in [3.8, 4) is 0 Å². The van der Waals surface area contributed by atoms with Crippen molar-refractivity contribution in [2.75, 3.05) is 0 Å². The Labute approximate surface area is 86.9 Å². The van der Waals surface area contributed by atoms with Crippen LogP contribution in [0.4, 0.5) is 4.39 Å². The van der Waals surface area contributed by atoms with Gasteiger partial charge >= 0.3 is 5.97 Å². The second-order valence-corrected chi connectivity index (χ2v) is 5.03. The highest BCUT2D eigenvalue weighted by molar-refractivity contribution is 5.94. The van der Waals surface area contributed by atoms with E-state index in [9.17, 15) is 14.3 Å². The lowest BCUT2D eigenvalue weighted by atomic mass is 9.72. The molecule has 0 bridgehead atoms. The van der Waals surface area contributed by atoms with Crippen LogP contribution in [0.15, 0.2) is 11.6 Å². The molecule has 1 N–H and O–H groups in total. The number of esters is 1. The van der Waals surface area contributed by atoms with Gasteiger partial charge in [0, 0.05) is 0 Å². The lowest BCUT2D eigenvalue weighted by molar-refractivity contribution is -0.140. The summed E-state index contributed by atoms with van der Waals surface area (Å²) in [5.74, 6) is -0.722. The van der Waals surface area contributed by atoms with Gasteiger partial charge in [-0.3, -0.25) is 0 Å². The van der Waals surface area contributed by atoms with Gasteiger partial charge in [-0.25, -0.2) is 9.18 Å². The Morgan fingerprint density at radius 2 is 2.33 bits per heavy atom. The number of rotatable bonds is 0. The maximum absolute atomic E-state index is 13.9. The van der Waals surface area contributed by atoms with Crippen LogP contribution in [0.1, 0.15) is 26.2 Å². The minimum atomic E-state index is -1.50. The Morgan fingerprint density at radius 3 is 3.07 bits per heavy atom. The topological polar surface area (TPSA) is 46.5 Å². The average Bonchev–Trinajstić information content (AvgIpc) is 2.54. The molecule has 2 fully saturated rings. The standard InChI is InChI=1S/C11H13FO3/c1-10(12)4-6-2-3-8-11(6,14)7(5-10)9(13)15-8/h5-6,8,14H,2-4H2,1H3/t6-,8-,10+,11+/m1/s1. The minimum Gasteiger partial charge on any atom is -0.455 e. The van der Waals surface area contributed by atoms with Gasteiger partial charge in [0.15, 0.2) is 0 Å². The van der Waals surface area contributed by atoms with Gasteiger partial charge in [-0.1, -0.05) is 0 Å². The van der Waals surface area contributed by atoms with Gasteiger partial charge < -0.3 is 9.84 Å². The van der Waals surface area contributed by atoms with Crippen molar-refractivity contribution in [2.45, 2.75) is 43.6 Å². The highest BCUT2D eigenvalue weighted by Crippen LogP contribution is 2.54. The maximum atomic E-state index is 13.9. The molecule has 0 aromatic rings. The summed E-state index contributed by atoms with van der Waals surface area (Å²) >= 11 is 0. The third-order valence-electron chi connectivity index (χ3n) is 3.88. The molecule has 2 aliphatic carbocycles. The molecule has 1 saturated carbocycles. The first kappa shape index (κ1) is 9.33. The van der Waals surface area contributed by atoms with Crippen molar-refractivity contribution in [1.29, 1.82) is 0 Å². The molecule has 0 amide bonds. The molecule has 1 heterocycles. The lowest BCUT2D eigenvalue weighted by Crippen LogP contribution is -2.47. The van der Waals surface area contributed by atoms with Crippen molar-refractivity contribution in [2.24, 2.45) is 5.92 Å². The molecular formula is C11H13FO3. The fourth-order valence-corrected chi connectivity index (χ4v) is 3.23. The Bertz CT molecular complexity index is 374. The van der Waals surface area contributed by atoms with E-state index in [1.807, 2.05) is 0 Å². The molecule has 0 aromatic carbocycles. The highest BCUT2D eigenvalue weighted by atomic mass is 19.1. The van der Waals surface area contributed by atoms with E-state index in [0.717, 1.165) is 6.42 Å². The number of hydrogen-bond acceptors (Lipinski definition) is 3. The third kappa shape index (κ3) is 1.00. The molecule has 0 spiro atoms. The predicted molar refractivity (Wildman–Crippen MR) is 49.8 cm³/mol. The van der Waals surface area contributed by atoms with Crippen LogP contribution in [0.2, 0.25) is 0 Å². The summed E-state index contributed by atoms with van der Waals surface area (Å²) in [6, 6.07) is 0. The van der Waals surface area contributed by atoms with E-state index in [-0.39, 0.29) is 17.9 Å². The largest absolute Gasteiger partial charge is 0.455 e. The monoisotopic (exact) mass is 212 g/mol. The Morgan fingerprint density at radius 1 is 1.60 bits per heavy atom. The van der Waals surface area contributed by atoms with Crippen LogP contribution in [0.5, 0.6) is 0 Å². The summed E-state index contributed by atoms with van der Waals surface area (Å²) in [4.78, 5) is 11.5. The van der Waals surface area contributed by atoms with E-state index < -0.39 is 23.3 Å². The highest BCUT2D eigenvalue weighted by Gasteiger charge is 2.63. The summed E-state index contributed by atoms with van der Waals surface area (Å²) in [5.41, 5.74) is -2.56. The van der Waals surface area contributed by atoms with E-state index in [1.54, 1.807) is 0 Å². The lowest BCUT2D eigenvalue weighted by Gasteiger charge is -2.36. The Hall–Kier alpha value is -0.900. The first-order chi connectivity index (χ1) is 6.93. The number of ether oxygens (including phenoxy) is 1. The number of allylic oxidation sites excluding steroid dienone is 1. The Balaban J connectivity index is 2.16. The van der Waals surface area contributed by atoms with E-state index in [1.165, 1.54) is 13.0 Å². The van der Waals surface area contributed by atoms with Gasteiger partial charge in [-0.15, -0.1) is 0 Å². The van der Waals surface area contributed by atoms with Crippen molar-refractivity contribution in [1.82, 2.24) is 0 Å². The zero-order chi connectivity index (χ0) is 10.8. The van der Waals surface area contributed by atoms with Gasteiger partial charge in [0.25, 0.3) is 0 Å². The molecule has 3 aliphatic rings. The van der Waals surface area contributed by atoms with Crippen molar-refractivity contribution in [3.05, 3.63) is 11.6 Å². The zero-order valence-corrected chi connectivity index (χ0v) is 8.50. The van der Waals surface area contributed by atoms with Gasteiger partial charge in [-0.05, 0) is 38.2 Å². The summed E-state index contributed by atoms with van der Waals surface area (Å²) in [5, 5.41) is 10.4. The molecule has 4 atom stereocenters. The molecule has 15 heavy (non-hydrogen) atoms. The van der Waals surface area contributed by atoms with Crippen LogP contribution < -0.4 is 0 Å². The molecule has 3 nitrogen and oxygen atoms in total. The normalized spacial score (nSPS) is 52.5. The number of aliphatic hydroxyl groups is 1. The summed E-state index contributed by atoms with van der Waals surface area (Å²) in [6.45, 7) is 1.44. The number of halogens is 1. The van der Waals surface area contributed by atoms with E-state index in [0.29, 0.717) is 6.42 Å². The second kappa shape index (κ2) is 2.43. The second-order valence-electron chi connectivity index (χ2n) is 5.03. The van der Waals surface area contributed by atoms with Crippen LogP contribution in [0.25, 0.3) is 0 Å². The summed E-state index contributed by atoms with van der Waals surface area (Å²) < 4.78 is 19.0. The number of carbonyl (C=O) groups excluding carboxylic acids is 1. The molecule has 1 aliphatic heterocycles. The van der Waals surface area contributed by atoms with Crippen LogP contribution >= 0.6 is 0 Å². The van der Waals surface area contributed by atoms with E-state index >= 15 is 0 Å². The zero-order valence-electron chi connectivity index (χ0n) is 8.50. The molecule has 4 heteroatoms. The molecular weight excluding hydrogens is 199 g/mol. The van der Waals surface area contributed by atoms with Crippen molar-refractivity contribution in [3.63, 3.8) is 0 Å². The average molecular weight is 212 g/mol. The van der Waals surface area contributed by atoms with Crippen molar-refractivity contribution < 1.29 is 19.0 Å². The third-order valence-corrected chi connectivity index (χ3v) is 3.88. The fraction of sp³-hybridized carbons (Fsp3) is 0.727. The molecule has 0 unspecified atom stereocenters. The van der Waals surface area contributed by atoms with E-state index in [4.69, 9.17) is 4.74 Å². The number of alkyl halides is 1. The maximum Gasteiger partial charge on any atom is 0.337 e. The fourth-order valence-electron chi connectivity index (χ4n) is 3.23. The summed E-state index contributed by atoms with van der Waals surface area (Å²) in [7, 11) is 0. The van der Waals surface area contributed by atoms with Gasteiger partial charge in [0.1, 0.15) is 17.4 Å². The molecule has 1 saturated heterocycles. The van der Waals surface area contributed by atoms with Crippen LogP contribution in [-0.4, -0.2) is 28.4 Å². The smallest absolute Gasteiger partial charge is 0.337 e. The quantitative estimate of drug-likeness (QED) is 0.612. The number of hydrogen-bond donors (Lipinski definition) is 1. The number of carbonyl (C=O) groups is 1. The SMILES string of the molecule is C[C@@]1(F)C=C2C(=O)O[C@@H]3CC[C@H](C1)[C@]23O. The first-order valence-corrected chi connectivity index (χ1v) is 5.29. The van der Waals surface area contributed by atoms with Crippen LogP contribution in [0, 0.1) is 5.92 Å². The van der Waals surface area contributed by atoms with Crippen LogP contribution in [0.3, 0.4) is 0 Å². The summed E-state index contributed by atoms with van der Waals surface area (Å²) in [6.07, 6.45) is 2.44. The van der Waals surface area contributed by atoms with Gasteiger partial charge in [0.2, 0.25) is 0 Å². The minimum absolute atomic E-state index is 0.145. The van der Waals surface area contributed by atoms with Gasteiger partial charge in [0.05, 0.1) is 5.57 Å². The van der Waals surface area contributed by atoms with Crippen molar-refractivity contribution >= 4 is 5.97 Å². The molecule has 0 aromatic heterocycles. The first-order valence-electron chi connectivity index (χ1n) is 5.29. The van der Waals surface area contributed by atoms with E-state index in [2.05, 4.69) is 0 Å². The predicted octanol–water partition coefficient (Wildman–Crippen LogP) is 1.11. The Kier molecular flexibility index (Phi) is 1.51. The van der Waals surface area contributed by atoms with Crippen LogP contribution in [-0.2, 0) is 9.53 Å². The molecule has 0 radical (unpaired) electrons. The molecule has 3 rings (SSSR count).